The van der Waals surface area contributed by atoms with E-state index in [9.17, 15) is 4.79 Å². The van der Waals surface area contributed by atoms with Gasteiger partial charge in [0.2, 0.25) is 0 Å². The van der Waals surface area contributed by atoms with E-state index in [0.29, 0.717) is 11.5 Å². The van der Waals surface area contributed by atoms with Crippen LogP contribution in [0.3, 0.4) is 0 Å². The number of thiocarbonyl (C=S) groups is 1. The molecule has 1 heterocycles. The topological polar surface area (TPSA) is 60.0 Å². The number of carbonyl (C=O) groups excluding carboxylic acids is 1. The predicted octanol–water partition coefficient (Wildman–Crippen LogP) is 4.88. The van der Waals surface area contributed by atoms with Gasteiger partial charge in [0, 0.05) is 28.8 Å². The molecule has 0 saturated carbocycles. The zero-order valence-electron chi connectivity index (χ0n) is 19.0. The van der Waals surface area contributed by atoms with E-state index in [1.807, 2.05) is 52.0 Å². The molecule has 1 aliphatic heterocycles. The Kier molecular flexibility index (Phi) is 8.14. The summed E-state index contributed by atoms with van der Waals surface area (Å²) in [5.41, 5.74) is 3.62. The second kappa shape index (κ2) is 10.6. The molecule has 0 unspecified atom stereocenters. The number of nitrogens with zero attached hydrogens (tertiary/aromatic N) is 1. The number of nitrogens with one attached hydrogen (secondary N) is 1. The lowest BCUT2D eigenvalue weighted by Gasteiger charge is -2.37. The Bertz CT molecular complexity index is 980. The van der Waals surface area contributed by atoms with Crippen LogP contribution in [0.4, 0.5) is 5.69 Å². The van der Waals surface area contributed by atoms with Crippen LogP contribution in [0.15, 0.2) is 34.8 Å². The number of methoxy groups -OCH3 is 1. The lowest BCUT2D eigenvalue weighted by molar-refractivity contribution is -0.118. The molecule has 3 rings (SSSR count). The molecule has 0 spiro atoms. The minimum Gasteiger partial charge on any atom is -0.493 e. The van der Waals surface area contributed by atoms with E-state index >= 15 is 0 Å². The standard InChI is InChI=1S/C24H29BrN2O4S/c1-14-8-19(25)9-15(2)23(14)26-22(28)13-30-20-7-6-18(10-21(20)29-5)24(32)27-11-16(3)31-17(4)12-27/h6-10,16-17H,11-13H2,1-5H3,(H,26,28)/t16-,17+. The second-order valence-electron chi connectivity index (χ2n) is 8.08. The first kappa shape index (κ1) is 24.5. The summed E-state index contributed by atoms with van der Waals surface area (Å²) in [6.07, 6.45) is 0.246. The van der Waals surface area contributed by atoms with Crippen molar-refractivity contribution in [2.24, 2.45) is 0 Å². The molecule has 8 heteroatoms. The molecule has 0 aliphatic carbocycles. The molecule has 6 nitrogen and oxygen atoms in total. The summed E-state index contributed by atoms with van der Waals surface area (Å²) in [6.45, 7) is 9.37. The average molecular weight is 521 g/mol. The van der Waals surface area contributed by atoms with Crippen LogP contribution in [0, 0.1) is 13.8 Å². The lowest BCUT2D eigenvalue weighted by atomic mass is 10.1. The minimum atomic E-state index is -0.239. The van der Waals surface area contributed by atoms with Crippen molar-refractivity contribution in [1.29, 1.82) is 0 Å². The Morgan fingerprint density at radius 2 is 1.78 bits per heavy atom. The normalized spacial score (nSPS) is 18.2. The van der Waals surface area contributed by atoms with Gasteiger partial charge in [0.05, 0.1) is 19.3 Å². The van der Waals surface area contributed by atoms with Crippen molar-refractivity contribution in [2.45, 2.75) is 39.9 Å². The van der Waals surface area contributed by atoms with E-state index in [2.05, 4.69) is 26.1 Å². The van der Waals surface area contributed by atoms with Gasteiger partial charge in [0.15, 0.2) is 18.1 Å². The Morgan fingerprint density at radius 1 is 1.16 bits per heavy atom. The summed E-state index contributed by atoms with van der Waals surface area (Å²) < 4.78 is 18.0. The number of carbonyl (C=O) groups is 1. The summed E-state index contributed by atoms with van der Waals surface area (Å²) in [7, 11) is 1.57. The summed E-state index contributed by atoms with van der Waals surface area (Å²) in [6, 6.07) is 9.46. The molecular weight excluding hydrogens is 492 g/mol. The van der Waals surface area contributed by atoms with Crippen LogP contribution in [0.5, 0.6) is 11.5 Å². The third-order valence-electron chi connectivity index (χ3n) is 5.24. The van der Waals surface area contributed by atoms with Crippen LogP contribution in [0.25, 0.3) is 0 Å². The van der Waals surface area contributed by atoms with Crippen LogP contribution in [-0.4, -0.2) is 54.8 Å². The smallest absolute Gasteiger partial charge is 0.262 e. The fourth-order valence-electron chi connectivity index (χ4n) is 3.87. The zero-order valence-corrected chi connectivity index (χ0v) is 21.4. The number of anilines is 1. The van der Waals surface area contributed by atoms with E-state index in [0.717, 1.165) is 44.9 Å². The van der Waals surface area contributed by atoms with Gasteiger partial charge in [-0.3, -0.25) is 4.79 Å². The van der Waals surface area contributed by atoms with Crippen LogP contribution < -0.4 is 14.8 Å². The number of aryl methyl sites for hydroxylation is 2. The number of ether oxygens (including phenoxy) is 3. The highest BCUT2D eigenvalue weighted by Gasteiger charge is 2.25. The minimum absolute atomic E-state index is 0.123. The molecule has 0 aromatic heterocycles. The van der Waals surface area contributed by atoms with Crippen molar-refractivity contribution in [3.8, 4) is 11.5 Å². The second-order valence-corrected chi connectivity index (χ2v) is 9.39. The van der Waals surface area contributed by atoms with Gasteiger partial charge in [0.25, 0.3) is 5.91 Å². The van der Waals surface area contributed by atoms with Gasteiger partial charge in [-0.25, -0.2) is 0 Å². The first-order valence-corrected chi connectivity index (χ1v) is 11.7. The van der Waals surface area contributed by atoms with Crippen LogP contribution in [0.2, 0.25) is 0 Å². The van der Waals surface area contributed by atoms with E-state index in [1.54, 1.807) is 13.2 Å². The maximum absolute atomic E-state index is 12.5. The molecule has 172 valence electrons. The number of hydrogen-bond acceptors (Lipinski definition) is 5. The van der Waals surface area contributed by atoms with E-state index in [1.165, 1.54) is 0 Å². The number of halogens is 1. The molecule has 0 radical (unpaired) electrons. The number of amides is 1. The number of rotatable bonds is 6. The Hall–Kier alpha value is -2.16. The fourth-order valence-corrected chi connectivity index (χ4v) is 4.84. The highest BCUT2D eigenvalue weighted by atomic mass is 79.9. The van der Waals surface area contributed by atoms with Crippen molar-refractivity contribution in [3.05, 3.63) is 51.5 Å². The Labute approximate surface area is 203 Å². The van der Waals surface area contributed by atoms with Gasteiger partial charge >= 0.3 is 0 Å². The predicted molar refractivity (Wildman–Crippen MR) is 134 cm³/mol. The lowest BCUT2D eigenvalue weighted by Crippen LogP contribution is -2.47. The van der Waals surface area contributed by atoms with Crippen molar-refractivity contribution in [2.75, 3.05) is 32.1 Å². The molecule has 2 atom stereocenters. The molecule has 2 aromatic rings. The summed E-state index contributed by atoms with van der Waals surface area (Å²) in [5.74, 6) is 0.779. The maximum Gasteiger partial charge on any atom is 0.262 e. The third kappa shape index (κ3) is 5.99. The van der Waals surface area contributed by atoms with Crippen molar-refractivity contribution >= 4 is 44.7 Å². The SMILES string of the molecule is COc1cc(C(=S)N2C[C@@H](C)O[C@@H](C)C2)ccc1OCC(=O)Nc1c(C)cc(Br)cc1C. The van der Waals surface area contributed by atoms with E-state index < -0.39 is 0 Å². The van der Waals surface area contributed by atoms with Gasteiger partial charge in [-0.2, -0.15) is 0 Å². The molecule has 1 N–H and O–H groups in total. The van der Waals surface area contributed by atoms with E-state index in [4.69, 9.17) is 26.4 Å². The first-order valence-electron chi connectivity index (χ1n) is 10.5. The number of morpholine rings is 1. The quantitative estimate of drug-likeness (QED) is 0.548. The van der Waals surface area contributed by atoms with Crippen molar-refractivity contribution in [1.82, 2.24) is 4.90 Å². The van der Waals surface area contributed by atoms with Gasteiger partial charge in [0.1, 0.15) is 4.99 Å². The highest BCUT2D eigenvalue weighted by molar-refractivity contribution is 9.10. The monoisotopic (exact) mass is 520 g/mol. The zero-order chi connectivity index (χ0) is 23.4. The average Bonchev–Trinajstić information content (AvgIpc) is 2.73. The van der Waals surface area contributed by atoms with Crippen molar-refractivity contribution < 1.29 is 19.0 Å². The van der Waals surface area contributed by atoms with Crippen LogP contribution >= 0.6 is 28.1 Å². The van der Waals surface area contributed by atoms with Gasteiger partial charge in [-0.1, -0.05) is 28.1 Å². The Morgan fingerprint density at radius 3 is 2.38 bits per heavy atom. The molecule has 32 heavy (non-hydrogen) atoms. The maximum atomic E-state index is 12.5. The molecule has 1 aliphatic rings. The van der Waals surface area contributed by atoms with Crippen LogP contribution in [0.1, 0.15) is 30.5 Å². The molecule has 1 amide bonds. The first-order chi connectivity index (χ1) is 15.2. The number of benzene rings is 2. The molecule has 0 bridgehead atoms. The van der Waals surface area contributed by atoms with E-state index in [-0.39, 0.29) is 24.7 Å². The number of hydrogen-bond donors (Lipinski definition) is 1. The van der Waals surface area contributed by atoms with Gasteiger partial charge < -0.3 is 24.4 Å². The highest BCUT2D eigenvalue weighted by Crippen LogP contribution is 2.30. The van der Waals surface area contributed by atoms with Crippen LogP contribution in [-0.2, 0) is 9.53 Å². The molecule has 1 saturated heterocycles. The van der Waals surface area contributed by atoms with Gasteiger partial charge in [-0.15, -0.1) is 0 Å². The summed E-state index contributed by atoms with van der Waals surface area (Å²) in [4.78, 5) is 15.4. The summed E-state index contributed by atoms with van der Waals surface area (Å²) in [5, 5.41) is 2.93. The van der Waals surface area contributed by atoms with Crippen molar-refractivity contribution in [3.63, 3.8) is 0 Å². The summed E-state index contributed by atoms with van der Waals surface area (Å²) >= 11 is 9.18. The Balaban J connectivity index is 1.66. The van der Waals surface area contributed by atoms with Gasteiger partial charge in [-0.05, 0) is 69.2 Å². The largest absolute Gasteiger partial charge is 0.493 e. The third-order valence-corrected chi connectivity index (χ3v) is 6.19. The fraction of sp³-hybridized carbons (Fsp3) is 0.417. The molecule has 1 fully saturated rings. The molecular formula is C24H29BrN2O4S. The molecule has 2 aromatic carbocycles.